The van der Waals surface area contributed by atoms with Crippen molar-refractivity contribution >= 4 is 46.3 Å². The molecule has 0 saturated carbocycles. The van der Waals surface area contributed by atoms with Crippen molar-refractivity contribution in [3.8, 4) is 0 Å². The standard InChI is InChI=1S/C19H22ClO3PS2/c1-3-22-24(25,23-4-2)26-19(16-10-12-17(20)13-11-16)14-18(21)15-8-6-5-7-9-15/h5-13,19H,3-4,14H2,1-2H3. The van der Waals surface area contributed by atoms with Crippen LogP contribution >= 0.6 is 28.7 Å². The normalized spacial score (nSPS) is 12.7. The summed E-state index contributed by atoms with van der Waals surface area (Å²) in [5.74, 6) is 0.0626. The number of carbonyl (C=O) groups is 1. The van der Waals surface area contributed by atoms with Crippen LogP contribution in [0.4, 0.5) is 0 Å². The summed E-state index contributed by atoms with van der Waals surface area (Å²) in [4.78, 5) is 12.8. The summed E-state index contributed by atoms with van der Waals surface area (Å²) in [6.07, 6.45) is 0.314. The first-order chi connectivity index (χ1) is 12.5. The Morgan fingerprint density at radius 3 is 2.19 bits per heavy atom. The van der Waals surface area contributed by atoms with Gasteiger partial charge in [0.05, 0.1) is 13.2 Å². The van der Waals surface area contributed by atoms with Crippen molar-refractivity contribution < 1.29 is 13.8 Å². The Balaban J connectivity index is 2.28. The molecule has 26 heavy (non-hydrogen) atoms. The molecular formula is C19H22ClO3PS2. The molecule has 0 radical (unpaired) electrons. The van der Waals surface area contributed by atoms with E-state index >= 15 is 0 Å². The van der Waals surface area contributed by atoms with Crippen LogP contribution in [-0.2, 0) is 20.9 Å². The highest BCUT2D eigenvalue weighted by atomic mass is 35.5. The van der Waals surface area contributed by atoms with E-state index < -0.39 is 5.69 Å². The molecule has 0 saturated heterocycles. The lowest BCUT2D eigenvalue weighted by molar-refractivity contribution is 0.0982. The third-order valence-corrected chi connectivity index (χ3v) is 9.47. The third kappa shape index (κ3) is 6.49. The van der Waals surface area contributed by atoms with Crippen molar-refractivity contribution in [3.63, 3.8) is 0 Å². The second-order valence-corrected chi connectivity index (χ2v) is 12.3. The topological polar surface area (TPSA) is 35.5 Å². The molecule has 7 heteroatoms. The summed E-state index contributed by atoms with van der Waals surface area (Å²) in [7, 11) is 0. The molecule has 0 aliphatic carbocycles. The zero-order valence-corrected chi connectivity index (χ0v) is 18.0. The van der Waals surface area contributed by atoms with Crippen molar-refractivity contribution in [2.24, 2.45) is 0 Å². The first-order valence-electron chi connectivity index (χ1n) is 8.38. The Hall–Kier alpha value is -0.680. The van der Waals surface area contributed by atoms with E-state index in [1.165, 1.54) is 11.4 Å². The lowest BCUT2D eigenvalue weighted by Crippen LogP contribution is -2.06. The Bertz CT molecular complexity index is 743. The lowest BCUT2D eigenvalue weighted by atomic mass is 10.0. The van der Waals surface area contributed by atoms with Crippen LogP contribution in [0.3, 0.4) is 0 Å². The van der Waals surface area contributed by atoms with Gasteiger partial charge in [0.25, 0.3) is 0 Å². The molecule has 2 aromatic carbocycles. The van der Waals surface area contributed by atoms with Crippen LogP contribution < -0.4 is 0 Å². The maximum atomic E-state index is 12.8. The van der Waals surface area contributed by atoms with E-state index in [1.54, 1.807) is 0 Å². The summed E-state index contributed by atoms with van der Waals surface area (Å²) in [5.41, 5.74) is -0.864. The van der Waals surface area contributed by atoms with E-state index in [9.17, 15) is 4.79 Å². The molecule has 0 N–H and O–H groups in total. The number of hydrogen-bond acceptors (Lipinski definition) is 5. The molecule has 2 rings (SSSR count). The second kappa shape index (κ2) is 10.6. The molecule has 1 atom stereocenters. The Kier molecular flexibility index (Phi) is 8.82. The molecule has 0 spiro atoms. The average molecular weight is 429 g/mol. The van der Waals surface area contributed by atoms with Crippen LogP contribution in [0.2, 0.25) is 5.02 Å². The average Bonchev–Trinajstić information content (AvgIpc) is 2.63. The van der Waals surface area contributed by atoms with Gasteiger partial charge in [0.1, 0.15) is 0 Å². The van der Waals surface area contributed by atoms with E-state index in [4.69, 9.17) is 32.5 Å². The zero-order valence-electron chi connectivity index (χ0n) is 14.8. The molecule has 0 aliphatic rings. The van der Waals surface area contributed by atoms with Gasteiger partial charge in [-0.2, -0.15) is 0 Å². The van der Waals surface area contributed by atoms with Crippen LogP contribution in [0, 0.1) is 0 Å². The first-order valence-corrected chi connectivity index (χ1v) is 12.9. The summed E-state index contributed by atoms with van der Waals surface area (Å²) < 4.78 is 11.5. The highest BCUT2D eigenvalue weighted by Gasteiger charge is 2.28. The largest absolute Gasteiger partial charge is 0.322 e. The third-order valence-electron chi connectivity index (χ3n) is 3.54. The van der Waals surface area contributed by atoms with Gasteiger partial charge in [-0.15, -0.1) is 0 Å². The van der Waals surface area contributed by atoms with Gasteiger partial charge in [0.2, 0.25) is 5.69 Å². The van der Waals surface area contributed by atoms with Gasteiger partial charge in [0, 0.05) is 22.3 Å². The van der Waals surface area contributed by atoms with E-state index in [1.807, 2.05) is 68.4 Å². The SMILES string of the molecule is CCOP(=S)(OCC)SC(CC(=O)c1ccccc1)c1ccc(Cl)cc1. The predicted molar refractivity (Wildman–Crippen MR) is 115 cm³/mol. The predicted octanol–water partition coefficient (Wildman–Crippen LogP) is 6.68. The summed E-state index contributed by atoms with van der Waals surface area (Å²) >= 11 is 13.1. The molecule has 0 heterocycles. The Labute approximate surface area is 169 Å². The molecule has 0 fully saturated rings. The van der Waals surface area contributed by atoms with Crippen molar-refractivity contribution in [1.82, 2.24) is 0 Å². The summed E-state index contributed by atoms with van der Waals surface area (Å²) in [5, 5.41) is 0.491. The van der Waals surface area contributed by atoms with Gasteiger partial charge in [-0.25, -0.2) is 0 Å². The molecule has 0 amide bonds. The van der Waals surface area contributed by atoms with Crippen LogP contribution in [0.5, 0.6) is 0 Å². The van der Waals surface area contributed by atoms with Gasteiger partial charge in [-0.05, 0) is 43.4 Å². The fourth-order valence-corrected chi connectivity index (χ4v) is 8.23. The maximum Gasteiger partial charge on any atom is 0.247 e. The number of benzene rings is 2. The molecule has 0 aromatic heterocycles. The minimum absolute atomic E-state index is 0.0626. The molecule has 0 aliphatic heterocycles. The molecule has 3 nitrogen and oxygen atoms in total. The van der Waals surface area contributed by atoms with Crippen LogP contribution in [0.15, 0.2) is 54.6 Å². The second-order valence-electron chi connectivity index (χ2n) is 5.42. The highest BCUT2D eigenvalue weighted by molar-refractivity contribution is 8.68. The lowest BCUT2D eigenvalue weighted by Gasteiger charge is -2.25. The first kappa shape index (κ1) is 21.6. The molecule has 2 aromatic rings. The summed E-state index contributed by atoms with van der Waals surface area (Å²) in [6, 6.07) is 16.8. The number of halogens is 1. The monoisotopic (exact) mass is 428 g/mol. The minimum atomic E-state index is -2.54. The van der Waals surface area contributed by atoms with Crippen molar-refractivity contribution in [3.05, 3.63) is 70.7 Å². The van der Waals surface area contributed by atoms with Crippen molar-refractivity contribution in [1.29, 1.82) is 0 Å². The van der Waals surface area contributed by atoms with E-state index in [0.29, 0.717) is 30.2 Å². The van der Waals surface area contributed by atoms with Crippen LogP contribution in [0.1, 0.15) is 41.4 Å². The van der Waals surface area contributed by atoms with E-state index in [-0.39, 0.29) is 11.0 Å². The molecule has 140 valence electrons. The van der Waals surface area contributed by atoms with Crippen molar-refractivity contribution in [2.45, 2.75) is 25.5 Å². The van der Waals surface area contributed by atoms with Crippen LogP contribution in [-0.4, -0.2) is 19.0 Å². The van der Waals surface area contributed by atoms with E-state index in [0.717, 1.165) is 5.56 Å². The van der Waals surface area contributed by atoms with Gasteiger partial charge in [-0.1, -0.05) is 65.4 Å². The van der Waals surface area contributed by atoms with E-state index in [2.05, 4.69) is 0 Å². The quantitative estimate of drug-likeness (QED) is 0.311. The molecule has 1 unspecified atom stereocenters. The number of Topliss-reactive ketones (excluding diaryl/α,β-unsaturated/α-hetero) is 1. The van der Waals surface area contributed by atoms with Gasteiger partial charge >= 0.3 is 0 Å². The maximum absolute atomic E-state index is 12.8. The van der Waals surface area contributed by atoms with Gasteiger partial charge in [-0.3, -0.25) is 4.79 Å². The number of ketones is 1. The minimum Gasteiger partial charge on any atom is -0.322 e. The zero-order chi connectivity index (χ0) is 19.0. The van der Waals surface area contributed by atoms with Crippen LogP contribution in [0.25, 0.3) is 0 Å². The Morgan fingerprint density at radius 2 is 1.65 bits per heavy atom. The fraction of sp³-hybridized carbons (Fsp3) is 0.316. The number of carbonyl (C=O) groups excluding carboxylic acids is 1. The number of hydrogen-bond donors (Lipinski definition) is 0. The molecular weight excluding hydrogens is 407 g/mol. The Morgan fingerprint density at radius 1 is 1.08 bits per heavy atom. The highest BCUT2D eigenvalue weighted by Crippen LogP contribution is 2.66. The fourth-order valence-electron chi connectivity index (χ4n) is 2.37. The smallest absolute Gasteiger partial charge is 0.247 e. The molecule has 0 bridgehead atoms. The van der Waals surface area contributed by atoms with Crippen molar-refractivity contribution in [2.75, 3.05) is 13.2 Å². The summed E-state index contributed by atoms with van der Waals surface area (Å²) in [6.45, 7) is 4.74. The number of rotatable bonds is 10. The van der Waals surface area contributed by atoms with Gasteiger partial charge in [0.15, 0.2) is 5.78 Å². The van der Waals surface area contributed by atoms with Gasteiger partial charge < -0.3 is 9.05 Å².